The first-order valence-corrected chi connectivity index (χ1v) is 12.8. The molecule has 0 saturated heterocycles. The number of rotatable bonds is 5. The Hall–Kier alpha value is -4.95. The molecule has 6 rings (SSSR count). The van der Waals surface area contributed by atoms with Gasteiger partial charge < -0.3 is 5.11 Å². The number of hydrogen-bond acceptors (Lipinski definition) is 5. The van der Waals surface area contributed by atoms with E-state index in [0.29, 0.717) is 22.8 Å². The summed E-state index contributed by atoms with van der Waals surface area (Å²) in [6, 6.07) is 30.3. The second-order valence-electron chi connectivity index (χ2n) is 8.90. The van der Waals surface area contributed by atoms with Gasteiger partial charge in [0.15, 0.2) is 5.82 Å². The maximum Gasteiger partial charge on any atom is 0.335 e. The predicted octanol–water partition coefficient (Wildman–Crippen LogP) is 6.74. The van der Waals surface area contributed by atoms with E-state index in [1.807, 2.05) is 66.7 Å². The number of anilines is 1. The van der Waals surface area contributed by atoms with Crippen LogP contribution in [0.2, 0.25) is 0 Å². The van der Waals surface area contributed by atoms with Gasteiger partial charge in [-0.1, -0.05) is 70.5 Å². The molecule has 7 nitrogen and oxygen atoms in total. The van der Waals surface area contributed by atoms with Crippen molar-refractivity contribution in [3.63, 3.8) is 0 Å². The normalized spacial score (nSPS) is 12.5. The lowest BCUT2D eigenvalue weighted by Crippen LogP contribution is -2.29. The smallest absolute Gasteiger partial charge is 0.335 e. The lowest BCUT2D eigenvalue weighted by atomic mass is 10.1. The zero-order valence-electron chi connectivity index (χ0n) is 20.2. The molecule has 1 aliphatic rings. The summed E-state index contributed by atoms with van der Waals surface area (Å²) in [5.74, 6) is -1.71. The van der Waals surface area contributed by atoms with Gasteiger partial charge >= 0.3 is 5.97 Å². The van der Waals surface area contributed by atoms with E-state index >= 15 is 0 Å². The highest BCUT2D eigenvalue weighted by atomic mass is 79.9. The summed E-state index contributed by atoms with van der Waals surface area (Å²) in [7, 11) is 0. The van der Waals surface area contributed by atoms with E-state index < -0.39 is 17.8 Å². The number of nitrogens with zero attached hydrogens (tertiary/aromatic N) is 3. The van der Waals surface area contributed by atoms with Gasteiger partial charge in [-0.05, 0) is 48.5 Å². The summed E-state index contributed by atoms with van der Waals surface area (Å²) in [5, 5.41) is 9.31. The third-order valence-corrected chi connectivity index (χ3v) is 6.96. The fourth-order valence-electron chi connectivity index (χ4n) is 4.49. The molecule has 0 bridgehead atoms. The Labute approximate surface area is 231 Å². The highest BCUT2D eigenvalue weighted by Crippen LogP contribution is 2.33. The van der Waals surface area contributed by atoms with Gasteiger partial charge in [0, 0.05) is 21.2 Å². The first-order valence-electron chi connectivity index (χ1n) is 12.0. The van der Waals surface area contributed by atoms with E-state index in [2.05, 4.69) is 15.9 Å². The minimum Gasteiger partial charge on any atom is -0.478 e. The molecule has 2 heterocycles. The number of hydrogen-bond donors (Lipinski definition) is 1. The Morgan fingerprint density at radius 1 is 0.667 bits per heavy atom. The van der Waals surface area contributed by atoms with Crippen molar-refractivity contribution in [2.24, 2.45) is 0 Å². The third kappa shape index (κ3) is 4.51. The van der Waals surface area contributed by atoms with Gasteiger partial charge in [0.05, 0.1) is 33.8 Å². The summed E-state index contributed by atoms with van der Waals surface area (Å²) in [5.41, 5.74) is 4.33. The van der Waals surface area contributed by atoms with Gasteiger partial charge in [-0.3, -0.25) is 9.59 Å². The van der Waals surface area contributed by atoms with Gasteiger partial charge in [-0.25, -0.2) is 19.7 Å². The molecule has 5 aromatic rings. The van der Waals surface area contributed by atoms with Crippen LogP contribution in [0, 0.1) is 0 Å². The molecule has 188 valence electrons. The van der Waals surface area contributed by atoms with Crippen molar-refractivity contribution in [1.29, 1.82) is 0 Å². The number of halogens is 1. The summed E-state index contributed by atoms with van der Waals surface area (Å²) in [6.07, 6.45) is 0. The summed E-state index contributed by atoms with van der Waals surface area (Å²) in [6.45, 7) is 0. The van der Waals surface area contributed by atoms with Crippen molar-refractivity contribution < 1.29 is 19.5 Å². The number of imide groups is 1. The van der Waals surface area contributed by atoms with Gasteiger partial charge in [0.1, 0.15) is 0 Å². The van der Waals surface area contributed by atoms with Crippen LogP contribution in [-0.2, 0) is 0 Å². The van der Waals surface area contributed by atoms with Gasteiger partial charge in [0.25, 0.3) is 11.8 Å². The van der Waals surface area contributed by atoms with E-state index in [1.54, 1.807) is 18.2 Å². The molecule has 0 saturated carbocycles. The Bertz CT molecular complexity index is 1790. The molecule has 1 aliphatic heterocycles. The molecular formula is C31H18BrN3O4. The van der Waals surface area contributed by atoms with E-state index in [4.69, 9.17) is 9.97 Å². The molecule has 0 atom stereocenters. The fraction of sp³-hybridized carbons (Fsp3) is 0. The molecule has 1 N–H and O–H groups in total. The second kappa shape index (κ2) is 9.74. The third-order valence-electron chi connectivity index (χ3n) is 6.43. The number of aromatic nitrogens is 2. The predicted molar refractivity (Wildman–Crippen MR) is 151 cm³/mol. The van der Waals surface area contributed by atoms with Crippen molar-refractivity contribution in [3.05, 3.63) is 124 Å². The number of amides is 2. The molecule has 4 aromatic carbocycles. The average Bonchev–Trinajstić information content (AvgIpc) is 3.22. The van der Waals surface area contributed by atoms with Crippen LogP contribution >= 0.6 is 15.9 Å². The van der Waals surface area contributed by atoms with Gasteiger partial charge in [-0.2, -0.15) is 0 Å². The summed E-state index contributed by atoms with van der Waals surface area (Å²) < 4.78 is 0.952. The minimum absolute atomic E-state index is 0.0552. The molecule has 0 spiro atoms. The number of carbonyl (C=O) groups excluding carboxylic acids is 2. The fourth-order valence-corrected chi connectivity index (χ4v) is 4.76. The highest BCUT2D eigenvalue weighted by Gasteiger charge is 2.37. The lowest BCUT2D eigenvalue weighted by Gasteiger charge is -2.15. The van der Waals surface area contributed by atoms with E-state index in [1.165, 1.54) is 18.2 Å². The molecule has 0 unspecified atom stereocenters. The van der Waals surface area contributed by atoms with Crippen molar-refractivity contribution >= 4 is 39.4 Å². The molecule has 0 fully saturated rings. The molecule has 0 radical (unpaired) electrons. The van der Waals surface area contributed by atoms with Crippen LogP contribution in [0.5, 0.6) is 0 Å². The topological polar surface area (TPSA) is 100 Å². The Morgan fingerprint density at radius 2 is 1.33 bits per heavy atom. The van der Waals surface area contributed by atoms with Gasteiger partial charge in [-0.15, -0.1) is 0 Å². The standard InChI is InChI=1S/C31H18BrN3O4/c32-22-12-9-18(10-13-22)26-17-27(34-28(33-26)19-5-2-1-3-6-19)20-7-4-8-23(15-20)35-29(36)24-14-11-21(31(38)39)16-25(24)30(35)37/h1-17H,(H,38,39). The van der Waals surface area contributed by atoms with Gasteiger partial charge in [0.2, 0.25) is 0 Å². The van der Waals surface area contributed by atoms with E-state index in [0.717, 1.165) is 26.2 Å². The molecule has 2 amide bonds. The van der Waals surface area contributed by atoms with Crippen molar-refractivity contribution in [2.45, 2.75) is 0 Å². The van der Waals surface area contributed by atoms with Crippen LogP contribution in [0.1, 0.15) is 31.1 Å². The quantitative estimate of drug-likeness (QED) is 0.233. The first kappa shape index (κ1) is 24.4. The number of carboxylic acids is 1. The lowest BCUT2D eigenvalue weighted by molar-refractivity contribution is 0.0696. The van der Waals surface area contributed by atoms with Crippen LogP contribution in [0.3, 0.4) is 0 Å². The van der Waals surface area contributed by atoms with E-state index in [9.17, 15) is 19.5 Å². The zero-order valence-corrected chi connectivity index (χ0v) is 21.8. The van der Waals surface area contributed by atoms with Crippen molar-refractivity contribution in [1.82, 2.24) is 9.97 Å². The number of aromatic carboxylic acids is 1. The van der Waals surface area contributed by atoms with Crippen molar-refractivity contribution in [3.8, 4) is 33.9 Å². The van der Waals surface area contributed by atoms with Crippen molar-refractivity contribution in [2.75, 3.05) is 4.90 Å². The van der Waals surface area contributed by atoms with Crippen LogP contribution in [-0.4, -0.2) is 32.9 Å². The Kier molecular flexibility index (Phi) is 6.09. The Balaban J connectivity index is 1.44. The minimum atomic E-state index is -1.17. The van der Waals surface area contributed by atoms with E-state index in [-0.39, 0.29) is 16.7 Å². The number of fused-ring (bicyclic) bond motifs is 1. The number of carbonyl (C=O) groups is 3. The maximum absolute atomic E-state index is 13.2. The molecule has 0 aliphatic carbocycles. The number of carboxylic acid groups (broad SMARTS) is 1. The van der Waals surface area contributed by atoms with Crippen LogP contribution < -0.4 is 4.90 Å². The largest absolute Gasteiger partial charge is 0.478 e. The average molecular weight is 576 g/mol. The van der Waals surface area contributed by atoms with Crippen LogP contribution in [0.4, 0.5) is 5.69 Å². The first-order chi connectivity index (χ1) is 18.9. The monoisotopic (exact) mass is 575 g/mol. The Morgan fingerprint density at radius 3 is 2.05 bits per heavy atom. The van der Waals surface area contributed by atoms with Crippen LogP contribution in [0.25, 0.3) is 33.9 Å². The second-order valence-corrected chi connectivity index (χ2v) is 9.81. The summed E-state index contributed by atoms with van der Waals surface area (Å²) >= 11 is 3.47. The number of benzene rings is 4. The molecule has 8 heteroatoms. The molecule has 1 aromatic heterocycles. The SMILES string of the molecule is O=C(O)c1ccc2c(c1)C(=O)N(c1cccc(-c3cc(-c4ccc(Br)cc4)nc(-c4ccccc4)n3)c1)C2=O. The molecule has 39 heavy (non-hydrogen) atoms. The highest BCUT2D eigenvalue weighted by molar-refractivity contribution is 9.10. The maximum atomic E-state index is 13.2. The molecular weight excluding hydrogens is 558 g/mol. The summed E-state index contributed by atoms with van der Waals surface area (Å²) in [4.78, 5) is 48.5. The zero-order chi connectivity index (χ0) is 27.1. The van der Waals surface area contributed by atoms with Crippen LogP contribution in [0.15, 0.2) is 108 Å².